The zero-order valence-corrected chi connectivity index (χ0v) is 44.5. The fourth-order valence-corrected chi connectivity index (χ4v) is 8.38. The van der Waals surface area contributed by atoms with Crippen molar-refractivity contribution >= 4 is 23.8 Å². The third-order valence-corrected chi connectivity index (χ3v) is 12.1. The molecule has 398 valence electrons. The minimum Gasteiger partial charge on any atom is -0.547 e. The van der Waals surface area contributed by atoms with Gasteiger partial charge in [-0.15, -0.1) is 0 Å². The predicted octanol–water partition coefficient (Wildman–Crippen LogP) is -13.5. The second-order valence-electron chi connectivity index (χ2n) is 17.1. The smallest absolute Gasteiger partial charge is 0.547 e. The molecule has 0 bridgehead atoms. The summed E-state index contributed by atoms with van der Waals surface area (Å²) in [6.45, 7) is 0.626. The first-order chi connectivity index (χ1) is 33.3. The molecule has 4 aliphatic heterocycles. The molecule has 0 saturated carbocycles. The van der Waals surface area contributed by atoms with E-state index in [-0.39, 0.29) is 78.1 Å². The van der Waals surface area contributed by atoms with E-state index in [4.69, 9.17) is 47.4 Å². The maximum absolute atomic E-state index is 12.4. The molecule has 0 radical (unpaired) electrons. The average molecular weight is 1050 g/mol. The number of amides is 2. The summed E-state index contributed by atoms with van der Waals surface area (Å²) in [5.74, 6) is -4.44. The molecule has 0 aliphatic carbocycles. The third kappa shape index (κ3) is 16.8. The molecule has 4 saturated heterocycles. The van der Waals surface area contributed by atoms with Crippen molar-refractivity contribution in [2.24, 2.45) is 0 Å². The molecule has 4 fully saturated rings. The summed E-state index contributed by atoms with van der Waals surface area (Å²) in [7, 11) is 1.44. The molecule has 0 unspecified atom stereocenters. The van der Waals surface area contributed by atoms with Crippen LogP contribution in [0, 0.1) is 0 Å². The van der Waals surface area contributed by atoms with Gasteiger partial charge in [-0.2, -0.15) is 0 Å². The Kier molecular flexibility index (Phi) is 27.4. The number of ether oxygens (including phenoxy) is 10. The minimum absolute atomic E-state index is 0. The number of unbranched alkanes of at least 4 members (excludes halogenated alkanes) is 5. The van der Waals surface area contributed by atoms with E-state index in [2.05, 4.69) is 10.6 Å². The molecule has 0 spiro atoms. The molecule has 20 atom stereocenters. The van der Waals surface area contributed by atoms with Crippen LogP contribution in [0.1, 0.15) is 52.4 Å². The van der Waals surface area contributed by atoms with Crippen LogP contribution in [-0.4, -0.2) is 226 Å². The molecule has 11 N–H and O–H groups in total. The van der Waals surface area contributed by atoms with Crippen LogP contribution >= 0.6 is 0 Å². The van der Waals surface area contributed by atoms with Crippen LogP contribution in [0.5, 0.6) is 11.5 Å². The van der Waals surface area contributed by atoms with E-state index in [0.717, 1.165) is 13.8 Å². The summed E-state index contributed by atoms with van der Waals surface area (Å²) >= 11 is 0. The van der Waals surface area contributed by atoms with Gasteiger partial charge in [0.05, 0.1) is 32.3 Å². The van der Waals surface area contributed by atoms with Gasteiger partial charge in [-0.1, -0.05) is 25.7 Å². The van der Waals surface area contributed by atoms with Crippen molar-refractivity contribution < 1.29 is 182 Å². The molecule has 0 aromatic heterocycles. The molecule has 2 amide bonds. The monoisotopic (exact) mass is 1050 g/mol. The van der Waals surface area contributed by atoms with E-state index in [1.54, 1.807) is 0 Å². The first-order valence-electron chi connectivity index (χ1n) is 22.7. The Morgan fingerprint density at radius 1 is 0.528 bits per heavy atom. The van der Waals surface area contributed by atoms with Crippen molar-refractivity contribution in [3.8, 4) is 11.5 Å². The summed E-state index contributed by atoms with van der Waals surface area (Å²) in [5, 5.41) is 125. The molecule has 1 aromatic rings. The third-order valence-electron chi connectivity index (χ3n) is 12.1. The van der Waals surface area contributed by atoms with Crippen molar-refractivity contribution in [2.45, 2.75) is 175 Å². The number of aliphatic carboxylic acids is 2. The van der Waals surface area contributed by atoms with E-state index in [0.29, 0.717) is 44.3 Å². The largest absolute Gasteiger partial charge is 1.00 e. The molecule has 4 heterocycles. The molecule has 29 heteroatoms. The van der Waals surface area contributed by atoms with Gasteiger partial charge in [0.1, 0.15) is 109 Å². The van der Waals surface area contributed by atoms with E-state index < -0.39 is 160 Å². The molecule has 5 rings (SSSR count). The van der Waals surface area contributed by atoms with E-state index in [1.807, 2.05) is 0 Å². The fourth-order valence-electron chi connectivity index (χ4n) is 8.38. The number of carboxylic acids is 2. The summed E-state index contributed by atoms with van der Waals surface area (Å²) in [5.41, 5.74) is 0. The number of aliphatic hydroxyl groups excluding tert-OH is 9. The van der Waals surface area contributed by atoms with Gasteiger partial charge in [-0.05, 0) is 37.1 Å². The van der Waals surface area contributed by atoms with Crippen LogP contribution < -0.4 is 89.4 Å². The number of benzene rings is 1. The molecule has 27 nitrogen and oxygen atoms in total. The van der Waals surface area contributed by atoms with E-state index >= 15 is 0 Å². The molecular formula is C43H64N2Na2O25. The topological polar surface area (TPSA) is 413 Å². The van der Waals surface area contributed by atoms with Gasteiger partial charge >= 0.3 is 59.1 Å². The Balaban J connectivity index is 0.00000684. The van der Waals surface area contributed by atoms with E-state index in [1.165, 1.54) is 31.4 Å². The van der Waals surface area contributed by atoms with Crippen LogP contribution in [0.15, 0.2) is 24.3 Å². The zero-order chi connectivity index (χ0) is 51.4. The molecule has 4 aliphatic rings. The number of carbonyl (C=O) groups excluding carboxylic acids is 4. The summed E-state index contributed by atoms with van der Waals surface area (Å²) < 4.78 is 55.8. The second kappa shape index (κ2) is 30.7. The van der Waals surface area contributed by atoms with Gasteiger partial charge in [-0.3, -0.25) is 9.59 Å². The van der Waals surface area contributed by atoms with Crippen LogP contribution in [0.3, 0.4) is 0 Å². The van der Waals surface area contributed by atoms with Gasteiger partial charge in [0.25, 0.3) is 0 Å². The average Bonchev–Trinajstić information content (AvgIpc) is 3.32. The summed E-state index contributed by atoms with van der Waals surface area (Å²) in [6.07, 6.45) is -28.1. The van der Waals surface area contributed by atoms with Crippen LogP contribution in [0.2, 0.25) is 0 Å². The fraction of sp³-hybridized carbons (Fsp3) is 0.767. The standard InChI is InChI=1S/C43H66N2O25.2Na/c1-18(48)44-24-28(52)26(50)22(16-46)65-40(24)67-34-29(53)31(55)42(69-36(34)38(57)58)63-15-9-7-5-4-6-8-14-62-33-25(45-19(2)49)41(66-23(17-47)27(33)51)68-35-30(54)32(56)43(70-37(35)39(59)60)64-21-12-10-20(61-3)11-13-21;;/h10-13,22-37,40-43,46-47,50-56H,4-9,14-17H2,1-3H3,(H,44,48)(H,45,49)(H,57,58)(H,59,60);;/q;2*+1/p-2/t22-,23-,24-,25-,26+,27+,28-,29-,30-,31-,32-,33-,34+,35+,36+,37+,40+,41+,42-,43-;;/m1../s1. The van der Waals surface area contributed by atoms with Crippen LogP contribution in [0.4, 0.5) is 0 Å². The van der Waals surface area contributed by atoms with Crippen molar-refractivity contribution in [3.63, 3.8) is 0 Å². The normalized spacial score (nSPS) is 36.7. The Morgan fingerprint density at radius 2 is 0.958 bits per heavy atom. The first-order valence-corrected chi connectivity index (χ1v) is 22.7. The summed E-state index contributed by atoms with van der Waals surface area (Å²) in [6, 6.07) is 3.13. The van der Waals surface area contributed by atoms with Gasteiger partial charge in [0, 0.05) is 27.1 Å². The predicted molar refractivity (Wildman–Crippen MR) is 223 cm³/mol. The quantitative estimate of drug-likeness (QED) is 0.0338. The number of hydrogen-bond donors (Lipinski definition) is 11. The Labute approximate surface area is 457 Å². The number of nitrogens with one attached hydrogen (secondary N) is 2. The van der Waals surface area contributed by atoms with Crippen molar-refractivity contribution in [2.75, 3.05) is 33.5 Å². The SMILES string of the molecule is COc1ccc(O[C@@H]2O[C@H](C(=O)[O-])[C@@H](O[C@@H]3O[C@H](CO)[C@H](O)[C@H](OCCCCCCCCO[C@@H]4O[C@H](C(=O)[O-])[C@@H](O[C@@H]5O[C@H](CO)[C@H](O)[C@H](O)[C@H]5NC(C)=O)[C@H](O)[C@H]4O)[C@H]3NC(C)=O)[C@H](O)[C@H]2O)cc1.[Na+].[Na+]. The summed E-state index contributed by atoms with van der Waals surface area (Å²) in [4.78, 5) is 48.6. The van der Waals surface area contributed by atoms with Gasteiger partial charge < -0.3 is 124 Å². The van der Waals surface area contributed by atoms with Crippen LogP contribution in [-0.2, 0) is 57.1 Å². The van der Waals surface area contributed by atoms with Gasteiger partial charge in [0.15, 0.2) is 18.9 Å². The van der Waals surface area contributed by atoms with Crippen molar-refractivity contribution in [1.82, 2.24) is 10.6 Å². The van der Waals surface area contributed by atoms with E-state index in [9.17, 15) is 75.3 Å². The number of rotatable bonds is 24. The molecule has 1 aromatic carbocycles. The number of carbonyl (C=O) groups is 4. The Bertz CT molecular complexity index is 1830. The van der Waals surface area contributed by atoms with Crippen LogP contribution in [0.25, 0.3) is 0 Å². The minimum atomic E-state index is -2.06. The number of aliphatic hydroxyl groups is 9. The van der Waals surface area contributed by atoms with Gasteiger partial charge in [-0.25, -0.2) is 0 Å². The Hall–Kier alpha value is -1.98. The first kappa shape index (κ1) is 64.3. The van der Waals surface area contributed by atoms with Crippen molar-refractivity contribution in [1.29, 1.82) is 0 Å². The number of hydrogen-bond acceptors (Lipinski definition) is 25. The second-order valence-corrected chi connectivity index (χ2v) is 17.1. The molecular weight excluding hydrogens is 990 g/mol. The Morgan fingerprint density at radius 3 is 1.44 bits per heavy atom. The number of methoxy groups -OCH3 is 1. The molecule has 72 heavy (non-hydrogen) atoms. The maximum atomic E-state index is 12.4. The van der Waals surface area contributed by atoms with Crippen molar-refractivity contribution in [3.05, 3.63) is 24.3 Å². The number of carboxylic acid groups (broad SMARTS) is 2. The van der Waals surface area contributed by atoms with Gasteiger partial charge in [0.2, 0.25) is 18.1 Å². The zero-order valence-electron chi connectivity index (χ0n) is 40.5. The maximum Gasteiger partial charge on any atom is 1.00 e.